The second-order valence-corrected chi connectivity index (χ2v) is 7.53. The van der Waals surface area contributed by atoms with Gasteiger partial charge in [-0.3, -0.25) is 4.68 Å². The molecule has 0 aromatic carbocycles. The fourth-order valence-corrected chi connectivity index (χ4v) is 3.54. The van der Waals surface area contributed by atoms with E-state index in [0.717, 1.165) is 29.6 Å². The van der Waals surface area contributed by atoms with E-state index >= 15 is 0 Å². The van der Waals surface area contributed by atoms with Crippen LogP contribution >= 0.6 is 11.3 Å². The fourth-order valence-electron chi connectivity index (χ4n) is 2.58. The SMILES string of the molecule is Cc1nc(N2CCN(C(=O)Nc3cnn(C(C)C)c3)CC2)sc1C. The number of aromatic nitrogens is 3. The molecule has 1 aliphatic heterocycles. The van der Waals surface area contributed by atoms with E-state index in [9.17, 15) is 4.79 Å². The first-order chi connectivity index (χ1) is 11.4. The molecule has 0 atom stereocenters. The van der Waals surface area contributed by atoms with Gasteiger partial charge in [0, 0.05) is 43.3 Å². The van der Waals surface area contributed by atoms with E-state index < -0.39 is 0 Å². The molecule has 130 valence electrons. The maximum absolute atomic E-state index is 12.4. The Morgan fingerprint density at radius 1 is 1.25 bits per heavy atom. The van der Waals surface area contributed by atoms with Crippen molar-refractivity contribution in [3.05, 3.63) is 23.0 Å². The standard InChI is InChI=1S/C16H24N6OS/c1-11(2)22-10-14(9-17-22)19-15(23)20-5-7-21(8-6-20)16-18-12(3)13(4)24-16/h9-11H,5-8H2,1-4H3,(H,19,23). The van der Waals surface area contributed by atoms with Gasteiger partial charge < -0.3 is 15.1 Å². The first-order valence-corrected chi connectivity index (χ1v) is 9.04. The number of anilines is 2. The van der Waals surface area contributed by atoms with Gasteiger partial charge in [0.1, 0.15) is 0 Å². The van der Waals surface area contributed by atoms with Crippen LogP contribution in [0, 0.1) is 13.8 Å². The Kier molecular flexibility index (Phi) is 4.75. The van der Waals surface area contributed by atoms with Gasteiger partial charge in [0.15, 0.2) is 5.13 Å². The highest BCUT2D eigenvalue weighted by molar-refractivity contribution is 7.15. The topological polar surface area (TPSA) is 66.3 Å². The second-order valence-electron chi connectivity index (χ2n) is 6.35. The molecule has 1 aliphatic rings. The zero-order chi connectivity index (χ0) is 17.3. The molecule has 0 unspecified atom stereocenters. The number of hydrogen-bond acceptors (Lipinski definition) is 5. The Labute approximate surface area is 146 Å². The molecule has 3 rings (SSSR count). The lowest BCUT2D eigenvalue weighted by molar-refractivity contribution is 0.208. The van der Waals surface area contributed by atoms with Crippen LogP contribution in [0.4, 0.5) is 15.6 Å². The molecule has 8 heteroatoms. The third-order valence-corrected chi connectivity index (χ3v) is 5.37. The molecule has 0 radical (unpaired) electrons. The van der Waals surface area contributed by atoms with Crippen LogP contribution in [0.15, 0.2) is 12.4 Å². The molecular formula is C16H24N6OS. The summed E-state index contributed by atoms with van der Waals surface area (Å²) in [5, 5.41) is 8.23. The first kappa shape index (κ1) is 16.8. The lowest BCUT2D eigenvalue weighted by atomic mass is 10.3. The number of thiazole rings is 1. The molecule has 2 amide bonds. The molecule has 1 saturated heterocycles. The summed E-state index contributed by atoms with van der Waals surface area (Å²) in [6.07, 6.45) is 3.55. The van der Waals surface area contributed by atoms with E-state index in [4.69, 9.17) is 0 Å². The van der Waals surface area contributed by atoms with E-state index in [0.29, 0.717) is 13.1 Å². The molecule has 3 heterocycles. The molecule has 0 saturated carbocycles. The van der Waals surface area contributed by atoms with Gasteiger partial charge in [-0.15, -0.1) is 11.3 Å². The van der Waals surface area contributed by atoms with Crippen LogP contribution in [0.25, 0.3) is 0 Å². The molecule has 7 nitrogen and oxygen atoms in total. The van der Waals surface area contributed by atoms with Crippen molar-refractivity contribution in [3.63, 3.8) is 0 Å². The smallest absolute Gasteiger partial charge is 0.322 e. The zero-order valence-electron chi connectivity index (χ0n) is 14.6. The monoisotopic (exact) mass is 348 g/mol. The Bertz CT molecular complexity index is 694. The molecular weight excluding hydrogens is 324 g/mol. The van der Waals surface area contributed by atoms with Crippen LogP contribution in [0.3, 0.4) is 0 Å². The Morgan fingerprint density at radius 3 is 2.50 bits per heavy atom. The number of nitrogens with one attached hydrogen (secondary N) is 1. The van der Waals surface area contributed by atoms with Gasteiger partial charge in [0.2, 0.25) is 0 Å². The number of amides is 2. The van der Waals surface area contributed by atoms with Gasteiger partial charge in [-0.25, -0.2) is 9.78 Å². The van der Waals surface area contributed by atoms with Crippen LogP contribution in [0.2, 0.25) is 0 Å². The average molecular weight is 348 g/mol. The minimum absolute atomic E-state index is 0.0653. The summed E-state index contributed by atoms with van der Waals surface area (Å²) in [6.45, 7) is 11.3. The summed E-state index contributed by atoms with van der Waals surface area (Å²) in [6, 6.07) is 0.217. The highest BCUT2D eigenvalue weighted by atomic mass is 32.1. The average Bonchev–Trinajstić information content (AvgIpc) is 3.15. The Balaban J connectivity index is 1.54. The Hall–Kier alpha value is -2.09. The van der Waals surface area contributed by atoms with Crippen molar-refractivity contribution in [2.24, 2.45) is 0 Å². The number of rotatable bonds is 3. The van der Waals surface area contributed by atoms with Crippen LogP contribution in [0.5, 0.6) is 0 Å². The third kappa shape index (κ3) is 3.53. The number of piperazine rings is 1. The molecule has 2 aromatic rings. The number of aryl methyl sites for hydroxylation is 2. The summed E-state index contributed by atoms with van der Waals surface area (Å²) in [5.41, 5.74) is 1.83. The maximum Gasteiger partial charge on any atom is 0.322 e. The molecule has 1 fully saturated rings. The van der Waals surface area contributed by atoms with Crippen molar-refractivity contribution in [2.45, 2.75) is 33.7 Å². The van der Waals surface area contributed by atoms with E-state index in [1.807, 2.05) is 22.7 Å². The van der Waals surface area contributed by atoms with Crippen LogP contribution in [-0.2, 0) is 0 Å². The minimum atomic E-state index is -0.0653. The van der Waals surface area contributed by atoms with Crippen molar-refractivity contribution in [3.8, 4) is 0 Å². The van der Waals surface area contributed by atoms with E-state index in [-0.39, 0.29) is 12.1 Å². The highest BCUT2D eigenvalue weighted by Crippen LogP contribution is 2.26. The highest BCUT2D eigenvalue weighted by Gasteiger charge is 2.23. The molecule has 0 spiro atoms. The predicted octanol–water partition coefficient (Wildman–Crippen LogP) is 2.89. The van der Waals surface area contributed by atoms with Crippen molar-refractivity contribution < 1.29 is 4.79 Å². The number of urea groups is 1. The van der Waals surface area contributed by atoms with Gasteiger partial charge in [-0.05, 0) is 27.7 Å². The minimum Gasteiger partial charge on any atom is -0.345 e. The van der Waals surface area contributed by atoms with Crippen LogP contribution in [-0.4, -0.2) is 51.9 Å². The normalized spacial score (nSPS) is 15.2. The third-order valence-electron chi connectivity index (χ3n) is 4.24. The van der Waals surface area contributed by atoms with Gasteiger partial charge in [0.05, 0.1) is 17.6 Å². The van der Waals surface area contributed by atoms with Crippen molar-refractivity contribution in [1.82, 2.24) is 19.7 Å². The summed E-state index contributed by atoms with van der Waals surface area (Å²) in [5.74, 6) is 0. The van der Waals surface area contributed by atoms with Crippen LogP contribution < -0.4 is 10.2 Å². The molecule has 2 aromatic heterocycles. The Morgan fingerprint density at radius 2 is 1.96 bits per heavy atom. The summed E-state index contributed by atoms with van der Waals surface area (Å²) in [4.78, 5) is 22.4. The molecule has 24 heavy (non-hydrogen) atoms. The van der Waals surface area contributed by atoms with E-state index in [1.54, 1.807) is 17.5 Å². The van der Waals surface area contributed by atoms with Crippen molar-refractivity contribution in [1.29, 1.82) is 0 Å². The lowest BCUT2D eigenvalue weighted by Gasteiger charge is -2.34. The summed E-state index contributed by atoms with van der Waals surface area (Å²) in [7, 11) is 0. The molecule has 0 bridgehead atoms. The van der Waals surface area contributed by atoms with Gasteiger partial charge in [-0.2, -0.15) is 5.10 Å². The predicted molar refractivity (Wildman–Crippen MR) is 97.0 cm³/mol. The molecule has 1 N–H and O–H groups in total. The number of hydrogen-bond donors (Lipinski definition) is 1. The summed E-state index contributed by atoms with van der Waals surface area (Å²) < 4.78 is 1.83. The van der Waals surface area contributed by atoms with E-state index in [2.05, 4.69) is 41.1 Å². The lowest BCUT2D eigenvalue weighted by Crippen LogP contribution is -2.50. The van der Waals surface area contributed by atoms with Gasteiger partial charge >= 0.3 is 6.03 Å². The quantitative estimate of drug-likeness (QED) is 0.926. The largest absolute Gasteiger partial charge is 0.345 e. The van der Waals surface area contributed by atoms with E-state index in [1.165, 1.54) is 4.88 Å². The number of carbonyl (C=O) groups excluding carboxylic acids is 1. The van der Waals surface area contributed by atoms with Crippen molar-refractivity contribution in [2.75, 3.05) is 36.4 Å². The fraction of sp³-hybridized carbons (Fsp3) is 0.562. The summed E-state index contributed by atoms with van der Waals surface area (Å²) >= 11 is 1.72. The zero-order valence-corrected chi connectivity index (χ0v) is 15.4. The molecule has 0 aliphatic carbocycles. The first-order valence-electron chi connectivity index (χ1n) is 8.23. The number of nitrogens with zero attached hydrogens (tertiary/aromatic N) is 5. The van der Waals surface area contributed by atoms with Gasteiger partial charge in [-0.1, -0.05) is 0 Å². The van der Waals surface area contributed by atoms with Gasteiger partial charge in [0.25, 0.3) is 0 Å². The second kappa shape index (κ2) is 6.80. The number of carbonyl (C=O) groups is 1. The van der Waals surface area contributed by atoms with Crippen molar-refractivity contribution >= 4 is 28.2 Å². The maximum atomic E-state index is 12.4. The van der Waals surface area contributed by atoms with Crippen LogP contribution in [0.1, 0.15) is 30.5 Å².